The molecule has 0 radical (unpaired) electrons. The van der Waals surface area contributed by atoms with Crippen molar-refractivity contribution in [2.45, 2.75) is 25.8 Å². The van der Waals surface area contributed by atoms with Gasteiger partial charge in [0.15, 0.2) is 0 Å². The van der Waals surface area contributed by atoms with Gasteiger partial charge in [0.1, 0.15) is 5.69 Å². The summed E-state index contributed by atoms with van der Waals surface area (Å²) in [6.45, 7) is 2.02. The van der Waals surface area contributed by atoms with Gasteiger partial charge in [0.05, 0.1) is 18.6 Å². The first-order valence-electron chi connectivity index (χ1n) is 4.47. The Morgan fingerprint density at radius 2 is 2.27 bits per heavy atom. The molecule has 1 N–H and O–H groups in total. The summed E-state index contributed by atoms with van der Waals surface area (Å²) >= 11 is 0. The Morgan fingerprint density at radius 3 is 2.67 bits per heavy atom. The predicted octanol–water partition coefficient (Wildman–Crippen LogP) is 1.19. The fraction of sp³-hybridized carbons (Fsp3) is 0.556. The number of halogens is 2. The van der Waals surface area contributed by atoms with Crippen LogP contribution in [0.25, 0.3) is 0 Å². The number of amides is 1. The third-order valence-electron chi connectivity index (χ3n) is 2.16. The SMILES string of the molecule is CC(NC(=O)c1cncn1C)C(C)(F)F. The maximum Gasteiger partial charge on any atom is 0.269 e. The number of carbonyl (C=O) groups is 1. The Bertz CT molecular complexity index is 356. The number of aromatic nitrogens is 2. The van der Waals surface area contributed by atoms with Crippen molar-refractivity contribution in [3.63, 3.8) is 0 Å². The van der Waals surface area contributed by atoms with E-state index < -0.39 is 17.9 Å². The minimum atomic E-state index is -2.94. The van der Waals surface area contributed by atoms with E-state index in [0.29, 0.717) is 0 Å². The average molecular weight is 217 g/mol. The van der Waals surface area contributed by atoms with Gasteiger partial charge >= 0.3 is 0 Å². The van der Waals surface area contributed by atoms with Crippen molar-refractivity contribution in [3.8, 4) is 0 Å². The number of rotatable bonds is 3. The zero-order chi connectivity index (χ0) is 11.6. The highest BCUT2D eigenvalue weighted by Gasteiger charge is 2.31. The summed E-state index contributed by atoms with van der Waals surface area (Å²) in [5, 5.41) is 2.21. The summed E-state index contributed by atoms with van der Waals surface area (Å²) in [5.41, 5.74) is 0.256. The maximum atomic E-state index is 12.8. The van der Waals surface area contributed by atoms with Gasteiger partial charge < -0.3 is 9.88 Å². The molecule has 4 nitrogen and oxygen atoms in total. The second kappa shape index (κ2) is 3.96. The molecule has 0 fully saturated rings. The van der Waals surface area contributed by atoms with Gasteiger partial charge in [-0.2, -0.15) is 0 Å². The van der Waals surface area contributed by atoms with Gasteiger partial charge in [-0.15, -0.1) is 0 Å². The molecular formula is C9H13F2N3O. The Hall–Kier alpha value is -1.46. The van der Waals surface area contributed by atoms with E-state index in [1.54, 1.807) is 7.05 Å². The molecule has 0 spiro atoms. The van der Waals surface area contributed by atoms with Crippen molar-refractivity contribution in [1.29, 1.82) is 0 Å². The van der Waals surface area contributed by atoms with E-state index >= 15 is 0 Å². The minimum absolute atomic E-state index is 0.256. The van der Waals surface area contributed by atoms with Crippen LogP contribution in [-0.4, -0.2) is 27.4 Å². The fourth-order valence-corrected chi connectivity index (χ4v) is 0.973. The molecule has 0 aliphatic rings. The van der Waals surface area contributed by atoms with Crippen LogP contribution in [0.5, 0.6) is 0 Å². The number of nitrogens with zero attached hydrogens (tertiary/aromatic N) is 2. The smallest absolute Gasteiger partial charge is 0.269 e. The molecule has 6 heteroatoms. The molecule has 0 aliphatic carbocycles. The van der Waals surface area contributed by atoms with Gasteiger partial charge in [-0.25, -0.2) is 13.8 Å². The Morgan fingerprint density at radius 1 is 1.67 bits per heavy atom. The number of carbonyl (C=O) groups excluding carboxylic acids is 1. The van der Waals surface area contributed by atoms with E-state index in [9.17, 15) is 13.6 Å². The van der Waals surface area contributed by atoms with Crippen LogP contribution in [-0.2, 0) is 7.05 Å². The maximum absolute atomic E-state index is 12.8. The van der Waals surface area contributed by atoms with Crippen molar-refractivity contribution >= 4 is 5.91 Å². The highest BCUT2D eigenvalue weighted by molar-refractivity contribution is 5.92. The Labute approximate surface area is 86.3 Å². The average Bonchev–Trinajstić information content (AvgIpc) is 2.49. The van der Waals surface area contributed by atoms with E-state index in [0.717, 1.165) is 6.92 Å². The van der Waals surface area contributed by atoms with E-state index in [-0.39, 0.29) is 5.69 Å². The normalized spacial score (nSPS) is 13.7. The molecule has 15 heavy (non-hydrogen) atoms. The summed E-state index contributed by atoms with van der Waals surface area (Å²) in [5.74, 6) is -3.49. The lowest BCUT2D eigenvalue weighted by Gasteiger charge is -2.20. The van der Waals surface area contributed by atoms with E-state index in [2.05, 4.69) is 10.3 Å². The second-order valence-electron chi connectivity index (χ2n) is 3.54. The molecule has 0 saturated heterocycles. The third-order valence-corrected chi connectivity index (χ3v) is 2.16. The number of hydrogen-bond acceptors (Lipinski definition) is 2. The van der Waals surface area contributed by atoms with Gasteiger partial charge in [0, 0.05) is 14.0 Å². The quantitative estimate of drug-likeness (QED) is 0.826. The zero-order valence-electron chi connectivity index (χ0n) is 8.79. The number of aryl methyl sites for hydroxylation is 1. The molecule has 1 aromatic rings. The van der Waals surface area contributed by atoms with Crippen LogP contribution in [0.4, 0.5) is 8.78 Å². The highest BCUT2D eigenvalue weighted by atomic mass is 19.3. The van der Waals surface area contributed by atoms with Crippen molar-refractivity contribution in [2.24, 2.45) is 7.05 Å². The molecule has 0 aromatic carbocycles. The fourth-order valence-electron chi connectivity index (χ4n) is 0.973. The molecule has 1 unspecified atom stereocenters. The van der Waals surface area contributed by atoms with Gasteiger partial charge in [0.2, 0.25) is 0 Å². The summed E-state index contributed by atoms with van der Waals surface area (Å²) in [4.78, 5) is 15.2. The van der Waals surface area contributed by atoms with E-state index in [1.807, 2.05) is 0 Å². The first kappa shape index (κ1) is 11.6. The van der Waals surface area contributed by atoms with Gasteiger partial charge in [-0.1, -0.05) is 0 Å². The van der Waals surface area contributed by atoms with Gasteiger partial charge in [-0.05, 0) is 6.92 Å². The van der Waals surface area contributed by atoms with Crippen LogP contribution in [0.3, 0.4) is 0 Å². The number of imidazole rings is 1. The highest BCUT2D eigenvalue weighted by Crippen LogP contribution is 2.16. The van der Waals surface area contributed by atoms with Crippen LogP contribution in [0, 0.1) is 0 Å². The zero-order valence-corrected chi connectivity index (χ0v) is 8.79. The molecule has 1 atom stereocenters. The van der Waals surface area contributed by atoms with Gasteiger partial charge in [0.25, 0.3) is 11.8 Å². The molecule has 1 amide bonds. The van der Waals surface area contributed by atoms with E-state index in [1.165, 1.54) is 24.0 Å². The Balaban J connectivity index is 2.69. The lowest BCUT2D eigenvalue weighted by atomic mass is 10.2. The summed E-state index contributed by atoms with van der Waals surface area (Å²) in [6.07, 6.45) is 2.76. The standard InChI is InChI=1S/C9H13F2N3O/c1-6(9(2,10)11)13-8(15)7-4-12-5-14(7)3/h4-6H,1-3H3,(H,13,15). The Kier molecular flexibility index (Phi) is 3.06. The molecule has 84 valence electrons. The van der Waals surface area contributed by atoms with E-state index in [4.69, 9.17) is 0 Å². The summed E-state index contributed by atoms with van der Waals surface area (Å²) in [7, 11) is 1.62. The van der Waals surface area contributed by atoms with Crippen LogP contribution in [0.1, 0.15) is 24.3 Å². The van der Waals surface area contributed by atoms with Crippen LogP contribution in [0.15, 0.2) is 12.5 Å². The van der Waals surface area contributed by atoms with Crippen LogP contribution < -0.4 is 5.32 Å². The van der Waals surface area contributed by atoms with Crippen LogP contribution >= 0.6 is 0 Å². The van der Waals surface area contributed by atoms with Crippen LogP contribution in [0.2, 0.25) is 0 Å². The summed E-state index contributed by atoms with van der Waals surface area (Å²) < 4.78 is 27.0. The predicted molar refractivity (Wildman–Crippen MR) is 50.8 cm³/mol. The molecule has 1 heterocycles. The third kappa shape index (κ3) is 2.74. The van der Waals surface area contributed by atoms with Gasteiger partial charge in [-0.3, -0.25) is 4.79 Å². The topological polar surface area (TPSA) is 46.9 Å². The first-order valence-corrected chi connectivity index (χ1v) is 4.47. The van der Waals surface area contributed by atoms with Crippen molar-refractivity contribution in [3.05, 3.63) is 18.2 Å². The first-order chi connectivity index (χ1) is 6.82. The summed E-state index contributed by atoms with van der Waals surface area (Å²) in [6, 6.07) is -1.21. The largest absolute Gasteiger partial charge is 0.342 e. The molecule has 1 aromatic heterocycles. The number of hydrogen-bond donors (Lipinski definition) is 1. The van der Waals surface area contributed by atoms with Crippen molar-refractivity contribution in [2.75, 3.05) is 0 Å². The lowest BCUT2D eigenvalue weighted by molar-refractivity contribution is -0.0109. The number of alkyl halides is 2. The molecule has 1 rings (SSSR count). The molecule has 0 bridgehead atoms. The lowest BCUT2D eigenvalue weighted by Crippen LogP contribution is -2.44. The molecule has 0 aliphatic heterocycles. The number of nitrogens with one attached hydrogen (secondary N) is 1. The monoisotopic (exact) mass is 217 g/mol. The molecule has 0 saturated carbocycles. The second-order valence-corrected chi connectivity index (χ2v) is 3.54. The van der Waals surface area contributed by atoms with Crippen molar-refractivity contribution in [1.82, 2.24) is 14.9 Å². The molecular weight excluding hydrogens is 204 g/mol. The minimum Gasteiger partial charge on any atom is -0.342 e. The van der Waals surface area contributed by atoms with Crippen molar-refractivity contribution < 1.29 is 13.6 Å².